The highest BCUT2D eigenvalue weighted by Crippen LogP contribution is 2.22. The van der Waals surface area contributed by atoms with Crippen molar-refractivity contribution in [2.24, 2.45) is 0 Å². The lowest BCUT2D eigenvalue weighted by Crippen LogP contribution is -2.02. The van der Waals surface area contributed by atoms with E-state index in [2.05, 4.69) is 46.4 Å². The molecule has 1 aromatic heterocycles. The fraction of sp³-hybridized carbons (Fsp3) is 0.333. The number of thiophene rings is 1. The first-order valence-corrected chi connectivity index (χ1v) is 7.85. The van der Waals surface area contributed by atoms with Crippen LogP contribution in [0, 0.1) is 6.92 Å². The molecule has 0 saturated carbocycles. The zero-order chi connectivity index (χ0) is 13.7. The summed E-state index contributed by atoms with van der Waals surface area (Å²) >= 11 is 5.31. The molecule has 4 heteroatoms. The number of rotatable bonds is 6. The number of nitrogens with one attached hydrogen (secondary N) is 1. The highest BCUT2D eigenvalue weighted by molar-refractivity contribution is 9.10. The lowest BCUT2D eigenvalue weighted by atomic mass is 10.2. The molecule has 1 aromatic carbocycles. The van der Waals surface area contributed by atoms with Crippen molar-refractivity contribution in [2.75, 3.05) is 7.05 Å². The molecule has 2 nitrogen and oxygen atoms in total. The normalized spacial score (nSPS) is 10.9. The maximum Gasteiger partial charge on any atom is 0.0732 e. The average molecular weight is 340 g/mol. The summed E-state index contributed by atoms with van der Waals surface area (Å²) in [4.78, 5) is 2.71. The van der Waals surface area contributed by atoms with Gasteiger partial charge in [0.25, 0.3) is 0 Å². The summed E-state index contributed by atoms with van der Waals surface area (Å²) in [6.45, 7) is 4.41. The van der Waals surface area contributed by atoms with Crippen molar-refractivity contribution in [3.8, 4) is 0 Å². The van der Waals surface area contributed by atoms with E-state index in [-0.39, 0.29) is 0 Å². The summed E-state index contributed by atoms with van der Waals surface area (Å²) in [6.07, 6.45) is 0. The van der Waals surface area contributed by atoms with Gasteiger partial charge in [-0.1, -0.05) is 28.1 Å². The van der Waals surface area contributed by atoms with Gasteiger partial charge >= 0.3 is 0 Å². The van der Waals surface area contributed by atoms with Crippen molar-refractivity contribution in [3.05, 3.63) is 55.7 Å². The molecule has 0 unspecified atom stereocenters. The smallest absolute Gasteiger partial charge is 0.0732 e. The Labute approximate surface area is 126 Å². The van der Waals surface area contributed by atoms with E-state index in [1.165, 1.54) is 20.9 Å². The molecule has 0 spiro atoms. The van der Waals surface area contributed by atoms with Crippen molar-refractivity contribution < 1.29 is 4.74 Å². The number of ether oxygens (including phenoxy) is 1. The van der Waals surface area contributed by atoms with Gasteiger partial charge in [0, 0.05) is 20.8 Å². The number of aryl methyl sites for hydroxylation is 1. The van der Waals surface area contributed by atoms with Crippen molar-refractivity contribution >= 4 is 27.3 Å². The molecule has 0 aliphatic rings. The van der Waals surface area contributed by atoms with E-state index in [0.717, 1.165) is 11.0 Å². The van der Waals surface area contributed by atoms with Crippen LogP contribution in [-0.4, -0.2) is 7.05 Å². The molecule has 19 heavy (non-hydrogen) atoms. The number of hydrogen-bond donors (Lipinski definition) is 1. The Hall–Kier alpha value is -0.680. The SMILES string of the molecule is CNCc1cc(COCc2cccc(Br)c2)c(C)s1. The van der Waals surface area contributed by atoms with Crippen molar-refractivity contribution in [1.29, 1.82) is 0 Å². The Balaban J connectivity index is 1.88. The highest BCUT2D eigenvalue weighted by Gasteiger charge is 2.05. The topological polar surface area (TPSA) is 21.3 Å². The Morgan fingerprint density at radius 1 is 1.26 bits per heavy atom. The molecule has 0 aliphatic heterocycles. The molecule has 0 radical (unpaired) electrons. The van der Waals surface area contributed by atoms with Crippen molar-refractivity contribution in [1.82, 2.24) is 5.32 Å². The number of halogens is 1. The van der Waals surface area contributed by atoms with Crippen LogP contribution < -0.4 is 5.32 Å². The molecule has 1 heterocycles. The molecular formula is C15H18BrNOS. The average Bonchev–Trinajstić information content (AvgIpc) is 2.71. The van der Waals surface area contributed by atoms with Gasteiger partial charge in [-0.05, 0) is 43.3 Å². The van der Waals surface area contributed by atoms with Crippen molar-refractivity contribution in [2.45, 2.75) is 26.7 Å². The van der Waals surface area contributed by atoms with Gasteiger partial charge in [-0.25, -0.2) is 0 Å². The van der Waals surface area contributed by atoms with Gasteiger partial charge in [0.05, 0.1) is 13.2 Å². The maximum atomic E-state index is 5.80. The van der Waals surface area contributed by atoms with E-state index >= 15 is 0 Å². The van der Waals surface area contributed by atoms with E-state index in [1.54, 1.807) is 0 Å². The molecule has 0 bridgehead atoms. The Bertz CT molecular complexity index is 539. The molecule has 0 amide bonds. The number of hydrogen-bond acceptors (Lipinski definition) is 3. The fourth-order valence-corrected chi connectivity index (χ4v) is 3.40. The van der Waals surface area contributed by atoms with Gasteiger partial charge in [-0.15, -0.1) is 11.3 Å². The predicted octanol–water partition coefficient (Wildman–Crippen LogP) is 4.26. The summed E-state index contributed by atoms with van der Waals surface area (Å²) in [6, 6.07) is 10.5. The Morgan fingerprint density at radius 2 is 2.11 bits per heavy atom. The molecule has 0 saturated heterocycles. The first-order chi connectivity index (χ1) is 9.19. The summed E-state index contributed by atoms with van der Waals surface area (Å²) < 4.78 is 6.89. The fourth-order valence-electron chi connectivity index (χ4n) is 1.90. The first-order valence-electron chi connectivity index (χ1n) is 6.24. The van der Waals surface area contributed by atoms with Crippen LogP contribution >= 0.6 is 27.3 Å². The molecule has 0 atom stereocenters. The Morgan fingerprint density at radius 3 is 2.84 bits per heavy atom. The molecule has 2 rings (SSSR count). The first kappa shape index (κ1) is 14.7. The lowest BCUT2D eigenvalue weighted by molar-refractivity contribution is 0.107. The van der Waals surface area contributed by atoms with Gasteiger partial charge < -0.3 is 10.1 Å². The maximum absolute atomic E-state index is 5.80. The minimum Gasteiger partial charge on any atom is -0.372 e. The lowest BCUT2D eigenvalue weighted by Gasteiger charge is -2.04. The zero-order valence-corrected chi connectivity index (χ0v) is 13.6. The number of benzene rings is 1. The second-order valence-corrected chi connectivity index (χ2v) is 6.70. The summed E-state index contributed by atoms with van der Waals surface area (Å²) in [5.74, 6) is 0. The van der Waals surface area contributed by atoms with Gasteiger partial charge in [0.15, 0.2) is 0 Å². The van der Waals surface area contributed by atoms with E-state index in [1.807, 2.05) is 30.5 Å². The highest BCUT2D eigenvalue weighted by atomic mass is 79.9. The Kier molecular flexibility index (Phi) is 5.58. The van der Waals surface area contributed by atoms with Crippen LogP contribution in [0.5, 0.6) is 0 Å². The summed E-state index contributed by atoms with van der Waals surface area (Å²) in [5.41, 5.74) is 2.49. The molecule has 2 aromatic rings. The molecule has 0 fully saturated rings. The van der Waals surface area contributed by atoms with Crippen LogP contribution in [0.2, 0.25) is 0 Å². The van der Waals surface area contributed by atoms with Crippen LogP contribution in [0.4, 0.5) is 0 Å². The van der Waals surface area contributed by atoms with E-state index in [0.29, 0.717) is 13.2 Å². The minimum atomic E-state index is 0.649. The quantitative estimate of drug-likeness (QED) is 0.849. The third-order valence-corrected chi connectivity index (χ3v) is 4.42. The van der Waals surface area contributed by atoms with Gasteiger partial charge in [0.1, 0.15) is 0 Å². The van der Waals surface area contributed by atoms with Crippen LogP contribution in [0.25, 0.3) is 0 Å². The summed E-state index contributed by atoms with van der Waals surface area (Å²) in [7, 11) is 1.97. The van der Waals surface area contributed by atoms with Crippen LogP contribution in [0.3, 0.4) is 0 Å². The third kappa shape index (κ3) is 4.42. The monoisotopic (exact) mass is 339 g/mol. The van der Waals surface area contributed by atoms with Gasteiger partial charge in [-0.3, -0.25) is 0 Å². The third-order valence-electron chi connectivity index (χ3n) is 2.84. The second-order valence-electron chi connectivity index (χ2n) is 4.45. The van der Waals surface area contributed by atoms with E-state index in [4.69, 9.17) is 4.74 Å². The van der Waals surface area contributed by atoms with E-state index < -0.39 is 0 Å². The predicted molar refractivity (Wildman–Crippen MR) is 84.5 cm³/mol. The van der Waals surface area contributed by atoms with E-state index in [9.17, 15) is 0 Å². The summed E-state index contributed by atoms with van der Waals surface area (Å²) in [5, 5.41) is 3.18. The largest absolute Gasteiger partial charge is 0.372 e. The van der Waals surface area contributed by atoms with Crippen LogP contribution in [-0.2, 0) is 24.5 Å². The standard InChI is InChI=1S/C15H18BrNOS/c1-11-13(7-15(19-11)8-17-2)10-18-9-12-4-3-5-14(16)6-12/h3-7,17H,8-10H2,1-2H3. The van der Waals surface area contributed by atoms with Crippen molar-refractivity contribution in [3.63, 3.8) is 0 Å². The minimum absolute atomic E-state index is 0.649. The second kappa shape index (κ2) is 7.20. The van der Waals surface area contributed by atoms with Crippen LogP contribution in [0.1, 0.15) is 20.9 Å². The zero-order valence-electron chi connectivity index (χ0n) is 11.2. The van der Waals surface area contributed by atoms with Gasteiger partial charge in [-0.2, -0.15) is 0 Å². The molecule has 1 N–H and O–H groups in total. The molecule has 0 aliphatic carbocycles. The molecular weight excluding hydrogens is 322 g/mol. The van der Waals surface area contributed by atoms with Crippen LogP contribution in [0.15, 0.2) is 34.8 Å². The van der Waals surface area contributed by atoms with Gasteiger partial charge in [0.2, 0.25) is 0 Å². The molecule has 102 valence electrons.